The molecule has 11 heteroatoms. The summed E-state index contributed by atoms with van der Waals surface area (Å²) in [6, 6.07) is 15.2. The minimum Gasteiger partial charge on any atom is -0.489 e. The van der Waals surface area contributed by atoms with Crippen LogP contribution in [0.1, 0.15) is 27.4 Å². The largest absolute Gasteiger partial charge is 0.489 e. The van der Waals surface area contributed by atoms with Gasteiger partial charge in [-0.05, 0) is 41.5 Å². The number of nitro benzene ring substituents is 1. The van der Waals surface area contributed by atoms with Gasteiger partial charge < -0.3 is 19.2 Å². The van der Waals surface area contributed by atoms with Crippen LogP contribution in [-0.2, 0) is 22.7 Å². The molecule has 1 saturated heterocycles. The summed E-state index contributed by atoms with van der Waals surface area (Å²) >= 11 is 0. The van der Waals surface area contributed by atoms with Crippen molar-refractivity contribution in [3.63, 3.8) is 0 Å². The molecule has 2 aromatic carbocycles. The zero-order valence-corrected chi connectivity index (χ0v) is 18.4. The lowest BCUT2D eigenvalue weighted by Crippen LogP contribution is -2.30. The molecular formula is C24H19N3O8. The molecule has 178 valence electrons. The monoisotopic (exact) mass is 477 g/mol. The van der Waals surface area contributed by atoms with Crippen molar-refractivity contribution in [2.24, 2.45) is 0 Å². The van der Waals surface area contributed by atoms with Gasteiger partial charge in [0.25, 0.3) is 11.6 Å². The number of carbonyl (C=O) groups excluding carboxylic acids is 3. The number of nitro groups is 1. The van der Waals surface area contributed by atoms with Gasteiger partial charge >= 0.3 is 12.0 Å². The van der Waals surface area contributed by atoms with E-state index in [2.05, 4.69) is 10.1 Å². The second kappa shape index (κ2) is 9.91. The smallest absolute Gasteiger partial charge is 0.373 e. The third-order valence-corrected chi connectivity index (χ3v) is 5.02. The van der Waals surface area contributed by atoms with E-state index in [4.69, 9.17) is 9.15 Å². The molecule has 1 aromatic heterocycles. The van der Waals surface area contributed by atoms with Crippen LogP contribution >= 0.6 is 0 Å². The Labute approximate surface area is 198 Å². The molecule has 0 unspecified atom stereocenters. The molecule has 1 fully saturated rings. The summed E-state index contributed by atoms with van der Waals surface area (Å²) < 4.78 is 15.6. The maximum atomic E-state index is 12.8. The van der Waals surface area contributed by atoms with Gasteiger partial charge in [0.2, 0.25) is 5.76 Å². The number of esters is 1. The maximum absolute atomic E-state index is 12.8. The molecule has 1 aliphatic rings. The molecule has 0 atom stereocenters. The summed E-state index contributed by atoms with van der Waals surface area (Å²) in [5.74, 6) is -0.542. The molecule has 1 aliphatic heterocycles. The molecule has 35 heavy (non-hydrogen) atoms. The molecule has 11 nitrogen and oxygen atoms in total. The molecule has 3 amide bonds. The van der Waals surface area contributed by atoms with Gasteiger partial charge in [-0.15, -0.1) is 0 Å². The van der Waals surface area contributed by atoms with E-state index in [-0.39, 0.29) is 36.1 Å². The van der Waals surface area contributed by atoms with E-state index in [1.807, 2.05) is 0 Å². The summed E-state index contributed by atoms with van der Waals surface area (Å²) in [5, 5.41) is 13.4. The quantitative estimate of drug-likeness (QED) is 0.170. The van der Waals surface area contributed by atoms with E-state index in [1.54, 1.807) is 36.4 Å². The molecule has 3 aromatic rings. The first-order valence-corrected chi connectivity index (χ1v) is 10.3. The lowest BCUT2D eigenvalue weighted by molar-refractivity contribution is -0.384. The van der Waals surface area contributed by atoms with Crippen LogP contribution in [0.4, 0.5) is 10.5 Å². The predicted octanol–water partition coefficient (Wildman–Crippen LogP) is 3.65. The lowest BCUT2D eigenvalue weighted by atomic mass is 10.1. The minimum absolute atomic E-state index is 0.0271. The van der Waals surface area contributed by atoms with Gasteiger partial charge in [-0.1, -0.05) is 24.3 Å². The van der Waals surface area contributed by atoms with Crippen molar-refractivity contribution in [2.75, 3.05) is 7.11 Å². The fourth-order valence-electron chi connectivity index (χ4n) is 3.33. The highest BCUT2D eigenvalue weighted by atomic mass is 16.6. The lowest BCUT2D eigenvalue weighted by Gasteiger charge is -2.09. The molecule has 2 heterocycles. The second-order valence-corrected chi connectivity index (χ2v) is 7.43. The van der Waals surface area contributed by atoms with E-state index in [9.17, 15) is 24.5 Å². The van der Waals surface area contributed by atoms with Crippen molar-refractivity contribution in [2.45, 2.75) is 13.2 Å². The number of urea groups is 1. The van der Waals surface area contributed by atoms with Crippen LogP contribution in [0.2, 0.25) is 0 Å². The average Bonchev–Trinajstić information content (AvgIpc) is 3.43. The fraction of sp³-hybridized carbons (Fsp3) is 0.125. The van der Waals surface area contributed by atoms with Gasteiger partial charge in [0.1, 0.15) is 23.8 Å². The second-order valence-electron chi connectivity index (χ2n) is 7.43. The number of rotatable bonds is 8. The van der Waals surface area contributed by atoms with Crippen molar-refractivity contribution in [1.82, 2.24) is 10.2 Å². The number of carbonyl (C=O) groups is 3. The van der Waals surface area contributed by atoms with Crippen molar-refractivity contribution < 1.29 is 33.2 Å². The van der Waals surface area contributed by atoms with Gasteiger partial charge in [0.15, 0.2) is 0 Å². The number of ether oxygens (including phenoxy) is 2. The van der Waals surface area contributed by atoms with Crippen LogP contribution in [0.5, 0.6) is 5.75 Å². The van der Waals surface area contributed by atoms with Crippen LogP contribution in [0.25, 0.3) is 6.08 Å². The summed E-state index contributed by atoms with van der Waals surface area (Å²) in [6.07, 6.45) is 1.50. The molecule has 0 aliphatic carbocycles. The van der Waals surface area contributed by atoms with E-state index >= 15 is 0 Å². The number of methoxy groups -OCH3 is 1. The Morgan fingerprint density at radius 1 is 1.14 bits per heavy atom. The number of hydrogen-bond acceptors (Lipinski definition) is 8. The van der Waals surface area contributed by atoms with Gasteiger partial charge in [-0.3, -0.25) is 19.8 Å². The van der Waals surface area contributed by atoms with Gasteiger partial charge in [-0.2, -0.15) is 0 Å². The van der Waals surface area contributed by atoms with E-state index in [0.717, 1.165) is 4.90 Å². The Kier molecular flexibility index (Phi) is 6.58. The summed E-state index contributed by atoms with van der Waals surface area (Å²) in [7, 11) is 1.22. The summed E-state index contributed by atoms with van der Waals surface area (Å²) in [6.45, 7) is -0.0484. The third-order valence-electron chi connectivity index (χ3n) is 5.02. The molecule has 0 spiro atoms. The number of furan rings is 1. The molecule has 0 bridgehead atoms. The number of imide groups is 1. The van der Waals surface area contributed by atoms with Gasteiger partial charge in [0, 0.05) is 12.1 Å². The van der Waals surface area contributed by atoms with E-state index < -0.39 is 22.8 Å². The number of non-ortho nitro benzene ring substituents is 1. The van der Waals surface area contributed by atoms with Crippen LogP contribution < -0.4 is 10.1 Å². The highest BCUT2D eigenvalue weighted by molar-refractivity contribution is 6.13. The maximum Gasteiger partial charge on any atom is 0.373 e. The number of nitrogens with one attached hydrogen (secondary N) is 1. The van der Waals surface area contributed by atoms with Crippen LogP contribution in [0.3, 0.4) is 0 Å². The van der Waals surface area contributed by atoms with Gasteiger partial charge in [0.05, 0.1) is 18.6 Å². The number of nitrogens with zero attached hydrogens (tertiary/aromatic N) is 2. The first-order chi connectivity index (χ1) is 16.8. The number of benzene rings is 2. The SMILES string of the molecule is COC(=O)c1ccc(CN2C(=O)NC(=Cc3cccc(OCc4cccc([N+](=O)[O-])c4)c3)C2=O)o1. The Balaban J connectivity index is 1.43. The average molecular weight is 477 g/mol. The molecule has 0 saturated carbocycles. The van der Waals surface area contributed by atoms with E-state index in [1.165, 1.54) is 37.5 Å². The van der Waals surface area contributed by atoms with E-state index in [0.29, 0.717) is 16.9 Å². The molecule has 4 rings (SSSR count). The Morgan fingerprint density at radius 2 is 1.94 bits per heavy atom. The molecular weight excluding hydrogens is 458 g/mol. The van der Waals surface area contributed by atoms with Crippen LogP contribution in [-0.4, -0.2) is 34.8 Å². The minimum atomic E-state index is -0.665. The number of hydrogen-bond donors (Lipinski definition) is 1. The third kappa shape index (κ3) is 5.36. The summed E-state index contributed by atoms with van der Waals surface area (Å²) in [4.78, 5) is 48.0. The van der Waals surface area contributed by atoms with Crippen molar-refractivity contribution >= 4 is 29.7 Å². The standard InChI is InChI=1S/C24H19N3O8/c1-33-23(29)21-9-8-19(35-21)13-26-22(28)20(25-24(26)30)12-15-4-3-7-18(11-15)34-14-16-5-2-6-17(10-16)27(31)32/h2-12H,13-14H2,1H3,(H,25,30). The Morgan fingerprint density at radius 3 is 2.71 bits per heavy atom. The van der Waals surface area contributed by atoms with Crippen molar-refractivity contribution in [3.05, 3.63) is 99.1 Å². The zero-order chi connectivity index (χ0) is 24.9. The highest BCUT2D eigenvalue weighted by Gasteiger charge is 2.34. The van der Waals surface area contributed by atoms with Gasteiger partial charge in [-0.25, -0.2) is 9.59 Å². The fourth-order valence-corrected chi connectivity index (χ4v) is 3.33. The Hall–Kier alpha value is -4.93. The molecule has 1 N–H and O–H groups in total. The zero-order valence-electron chi connectivity index (χ0n) is 18.4. The topological polar surface area (TPSA) is 141 Å². The molecule has 0 radical (unpaired) electrons. The van der Waals surface area contributed by atoms with Crippen LogP contribution in [0, 0.1) is 10.1 Å². The predicted molar refractivity (Wildman–Crippen MR) is 121 cm³/mol. The highest BCUT2D eigenvalue weighted by Crippen LogP contribution is 2.22. The first kappa shape index (κ1) is 23.2. The normalized spacial score (nSPS) is 14.2. The van der Waals surface area contributed by atoms with Crippen molar-refractivity contribution in [3.8, 4) is 5.75 Å². The number of amides is 3. The van der Waals surface area contributed by atoms with Crippen molar-refractivity contribution in [1.29, 1.82) is 0 Å². The van der Waals surface area contributed by atoms with Crippen LogP contribution in [0.15, 0.2) is 70.8 Å². The first-order valence-electron chi connectivity index (χ1n) is 10.3. The summed E-state index contributed by atoms with van der Waals surface area (Å²) in [5.41, 5.74) is 1.26. The Bertz CT molecular complexity index is 1340.